The van der Waals surface area contributed by atoms with E-state index in [1.807, 2.05) is 25.4 Å². The number of halogens is 1. The molecule has 174 valence electrons. The monoisotopic (exact) mass is 475 g/mol. The zero-order valence-electron chi connectivity index (χ0n) is 18.8. The second kappa shape index (κ2) is 9.40. The Labute approximate surface area is 202 Å². The minimum absolute atomic E-state index is 0.0133. The van der Waals surface area contributed by atoms with Crippen LogP contribution in [0.4, 0.5) is 5.95 Å². The maximum absolute atomic E-state index is 12.6. The van der Waals surface area contributed by atoms with Crippen LogP contribution in [0.1, 0.15) is 29.8 Å². The van der Waals surface area contributed by atoms with E-state index in [0.717, 1.165) is 22.9 Å². The first-order valence-corrected chi connectivity index (χ1v) is 11.7. The van der Waals surface area contributed by atoms with Crippen molar-refractivity contribution in [3.05, 3.63) is 71.8 Å². The van der Waals surface area contributed by atoms with Gasteiger partial charge in [-0.1, -0.05) is 29.8 Å². The number of nitrogens with one attached hydrogen (secondary N) is 2. The molecule has 1 aliphatic rings. The molecule has 9 heteroatoms. The average Bonchev–Trinajstić information content (AvgIpc) is 3.21. The number of hydrogen-bond donors (Lipinski definition) is 3. The minimum atomic E-state index is -0.195. The average molecular weight is 476 g/mol. The van der Waals surface area contributed by atoms with Gasteiger partial charge in [-0.25, -0.2) is 9.97 Å². The molecular formula is C25H26ClN7O. The van der Waals surface area contributed by atoms with E-state index in [-0.39, 0.29) is 24.0 Å². The predicted octanol–water partition coefficient (Wildman–Crippen LogP) is 3.77. The largest absolute Gasteiger partial charge is 0.351 e. The lowest BCUT2D eigenvalue weighted by Crippen LogP contribution is -2.48. The van der Waals surface area contributed by atoms with Crippen LogP contribution in [0.25, 0.3) is 22.2 Å². The molecule has 5 rings (SSSR count). The topological polar surface area (TPSA) is 111 Å². The Morgan fingerprint density at radius 1 is 1.09 bits per heavy atom. The number of amides is 1. The molecule has 8 nitrogen and oxygen atoms in total. The molecule has 3 atom stereocenters. The van der Waals surface area contributed by atoms with Crippen LogP contribution < -0.4 is 16.4 Å². The van der Waals surface area contributed by atoms with Gasteiger partial charge in [0.25, 0.3) is 5.91 Å². The number of nitrogens with two attached hydrogens (primary N) is 1. The Hall–Kier alpha value is -3.49. The summed E-state index contributed by atoms with van der Waals surface area (Å²) in [6.07, 6.45) is 7.42. The Morgan fingerprint density at radius 2 is 1.94 bits per heavy atom. The molecule has 1 aliphatic carbocycles. The van der Waals surface area contributed by atoms with Crippen molar-refractivity contribution in [1.29, 1.82) is 0 Å². The highest BCUT2D eigenvalue weighted by atomic mass is 35.5. The van der Waals surface area contributed by atoms with Crippen LogP contribution >= 0.6 is 11.6 Å². The maximum atomic E-state index is 12.6. The van der Waals surface area contributed by atoms with Gasteiger partial charge in [-0.05, 0) is 43.5 Å². The van der Waals surface area contributed by atoms with Gasteiger partial charge in [0.15, 0.2) is 0 Å². The van der Waals surface area contributed by atoms with Crippen molar-refractivity contribution in [3.63, 3.8) is 0 Å². The number of rotatable bonds is 5. The van der Waals surface area contributed by atoms with Crippen LogP contribution in [0.15, 0.2) is 61.1 Å². The number of anilines is 1. The van der Waals surface area contributed by atoms with Crippen molar-refractivity contribution in [1.82, 2.24) is 24.8 Å². The van der Waals surface area contributed by atoms with E-state index >= 15 is 0 Å². The highest BCUT2D eigenvalue weighted by molar-refractivity contribution is 6.33. The second-order valence-corrected chi connectivity index (χ2v) is 9.16. The molecule has 3 aromatic heterocycles. The van der Waals surface area contributed by atoms with Crippen LogP contribution in [0.5, 0.6) is 0 Å². The van der Waals surface area contributed by atoms with Crippen LogP contribution in [0.3, 0.4) is 0 Å². The lowest BCUT2D eigenvalue weighted by molar-refractivity contribution is 0.0919. The summed E-state index contributed by atoms with van der Waals surface area (Å²) < 4.78 is 2.07. The van der Waals surface area contributed by atoms with E-state index in [0.29, 0.717) is 35.2 Å². The molecule has 0 saturated heterocycles. The van der Waals surface area contributed by atoms with Crippen molar-refractivity contribution >= 4 is 34.4 Å². The molecule has 0 radical (unpaired) electrons. The summed E-state index contributed by atoms with van der Waals surface area (Å²) in [5.74, 6) is 0.292. The molecule has 4 aromatic rings. The van der Waals surface area contributed by atoms with E-state index in [1.165, 1.54) is 0 Å². The number of aromatic nitrogens is 4. The van der Waals surface area contributed by atoms with E-state index in [9.17, 15) is 4.79 Å². The second-order valence-electron chi connectivity index (χ2n) is 8.75. The van der Waals surface area contributed by atoms with Crippen molar-refractivity contribution in [2.24, 2.45) is 12.8 Å². The van der Waals surface area contributed by atoms with Crippen LogP contribution in [0.2, 0.25) is 5.02 Å². The first-order valence-electron chi connectivity index (χ1n) is 11.3. The normalized spacial score (nSPS) is 20.3. The molecular weight excluding hydrogens is 450 g/mol. The first kappa shape index (κ1) is 22.3. The van der Waals surface area contributed by atoms with Crippen molar-refractivity contribution in [2.45, 2.75) is 37.4 Å². The summed E-state index contributed by atoms with van der Waals surface area (Å²) in [7, 11) is 2.01. The van der Waals surface area contributed by atoms with Gasteiger partial charge in [-0.15, -0.1) is 0 Å². The molecule has 1 unspecified atom stereocenters. The number of carbonyl (C=O) groups is 1. The highest BCUT2D eigenvalue weighted by Gasteiger charge is 2.29. The minimum Gasteiger partial charge on any atom is -0.351 e. The molecule has 0 spiro atoms. The lowest BCUT2D eigenvalue weighted by atomic mass is 9.87. The number of nitrogens with zero attached hydrogens (tertiary/aromatic N) is 4. The molecule has 0 bridgehead atoms. The smallest absolute Gasteiger partial charge is 0.270 e. The fourth-order valence-electron chi connectivity index (χ4n) is 4.67. The van der Waals surface area contributed by atoms with Gasteiger partial charge in [-0.2, -0.15) is 0 Å². The quantitative estimate of drug-likeness (QED) is 0.405. The third kappa shape index (κ3) is 4.60. The summed E-state index contributed by atoms with van der Waals surface area (Å²) in [6.45, 7) is 0. The summed E-state index contributed by atoms with van der Waals surface area (Å²) in [5.41, 5.74) is 9.45. The molecule has 1 amide bonds. The third-order valence-corrected chi connectivity index (χ3v) is 6.51. The summed E-state index contributed by atoms with van der Waals surface area (Å²) in [5, 5.41) is 8.04. The van der Waals surface area contributed by atoms with Crippen LogP contribution in [-0.4, -0.2) is 43.6 Å². The predicted molar refractivity (Wildman–Crippen MR) is 134 cm³/mol. The number of aryl methyl sites for hydroxylation is 1. The molecule has 3 heterocycles. The Balaban J connectivity index is 1.34. The fourth-order valence-corrected chi connectivity index (χ4v) is 4.86. The van der Waals surface area contributed by atoms with E-state index in [1.54, 1.807) is 30.6 Å². The maximum Gasteiger partial charge on any atom is 0.270 e. The number of hydrogen-bond acceptors (Lipinski definition) is 6. The van der Waals surface area contributed by atoms with Crippen molar-refractivity contribution in [2.75, 3.05) is 5.32 Å². The van der Waals surface area contributed by atoms with Gasteiger partial charge in [0.05, 0.1) is 16.9 Å². The zero-order chi connectivity index (χ0) is 23.7. The molecule has 0 aliphatic heterocycles. The summed E-state index contributed by atoms with van der Waals surface area (Å²) in [6, 6.07) is 13.3. The van der Waals surface area contributed by atoms with Crippen LogP contribution in [-0.2, 0) is 7.05 Å². The van der Waals surface area contributed by atoms with Gasteiger partial charge in [0.1, 0.15) is 5.69 Å². The molecule has 1 fully saturated rings. The Morgan fingerprint density at radius 3 is 2.76 bits per heavy atom. The Kier molecular flexibility index (Phi) is 6.17. The molecule has 1 aromatic carbocycles. The van der Waals surface area contributed by atoms with Gasteiger partial charge < -0.3 is 20.9 Å². The Bertz CT molecular complexity index is 1320. The van der Waals surface area contributed by atoms with Crippen molar-refractivity contribution < 1.29 is 4.79 Å². The zero-order valence-corrected chi connectivity index (χ0v) is 19.5. The highest BCUT2D eigenvalue weighted by Crippen LogP contribution is 2.33. The third-order valence-electron chi connectivity index (χ3n) is 6.24. The molecule has 1 saturated carbocycles. The van der Waals surface area contributed by atoms with Crippen LogP contribution in [0, 0.1) is 0 Å². The van der Waals surface area contributed by atoms with Crippen molar-refractivity contribution in [3.8, 4) is 11.3 Å². The van der Waals surface area contributed by atoms with Gasteiger partial charge in [0.2, 0.25) is 5.95 Å². The lowest BCUT2D eigenvalue weighted by Gasteiger charge is -2.34. The number of carbonyl (C=O) groups excluding carboxylic acids is 1. The van der Waals surface area contributed by atoms with E-state index in [2.05, 4.69) is 37.3 Å². The molecule has 34 heavy (non-hydrogen) atoms. The van der Waals surface area contributed by atoms with Gasteiger partial charge >= 0.3 is 0 Å². The summed E-state index contributed by atoms with van der Waals surface area (Å²) in [4.78, 5) is 25.8. The first-order chi connectivity index (χ1) is 16.5. The number of benzene rings is 1. The SMILES string of the molecule is Cn1ccc2c(-c3nc(N[C@@H]4CC(N)C[C@H](NC(=O)c5ccccn5)C4)ncc3Cl)cccc21. The van der Waals surface area contributed by atoms with E-state index in [4.69, 9.17) is 22.3 Å². The van der Waals surface area contributed by atoms with Gasteiger partial charge in [0, 0.05) is 54.0 Å². The summed E-state index contributed by atoms with van der Waals surface area (Å²) >= 11 is 6.51. The fraction of sp³-hybridized carbons (Fsp3) is 0.280. The number of pyridine rings is 1. The van der Waals surface area contributed by atoms with Gasteiger partial charge in [-0.3, -0.25) is 9.78 Å². The molecule has 4 N–H and O–H groups in total. The standard InChI is InChI=1S/C25H26ClN7O/c1-33-10-8-18-19(5-4-7-22(18)33)23-20(26)14-29-25(32-23)31-17-12-15(27)11-16(13-17)30-24(34)21-6-2-3-9-28-21/h2-10,14-17H,11-13,27H2,1H3,(H,30,34)(H,29,31,32)/t15?,16-,17+/m0/s1. The van der Waals surface area contributed by atoms with E-state index < -0.39 is 0 Å². The number of fused-ring (bicyclic) bond motifs is 1.